The van der Waals surface area contributed by atoms with Gasteiger partial charge in [-0.2, -0.15) is 11.8 Å². The van der Waals surface area contributed by atoms with Gasteiger partial charge in [-0.15, -0.1) is 11.3 Å². The summed E-state index contributed by atoms with van der Waals surface area (Å²) >= 11 is 3.67. The number of thioether (sulfide) groups is 1. The van der Waals surface area contributed by atoms with Crippen molar-refractivity contribution >= 4 is 29.0 Å². The predicted octanol–water partition coefficient (Wildman–Crippen LogP) is 3.90. The van der Waals surface area contributed by atoms with Crippen molar-refractivity contribution in [2.45, 2.75) is 25.6 Å². The van der Waals surface area contributed by atoms with Crippen LogP contribution in [0, 0.1) is 6.92 Å². The lowest BCUT2D eigenvalue weighted by atomic mass is 10.1. The van der Waals surface area contributed by atoms with E-state index in [4.69, 9.17) is 4.52 Å². The van der Waals surface area contributed by atoms with Gasteiger partial charge in [-0.05, 0) is 36.8 Å². The topological polar surface area (TPSA) is 51.3 Å². The fourth-order valence-corrected chi connectivity index (χ4v) is 5.53. The van der Waals surface area contributed by atoms with E-state index in [-0.39, 0.29) is 5.91 Å². The van der Waals surface area contributed by atoms with Crippen LogP contribution in [0.3, 0.4) is 0 Å². The number of thiophene rings is 1. The molecule has 3 aromatic heterocycles. The van der Waals surface area contributed by atoms with Crippen molar-refractivity contribution in [3.8, 4) is 5.00 Å². The summed E-state index contributed by atoms with van der Waals surface area (Å²) in [5.41, 5.74) is 2.84. The van der Waals surface area contributed by atoms with Gasteiger partial charge in [-0.1, -0.05) is 5.16 Å². The standard InChI is InChI=1S/C18H19N3O2S2/c1-12-9-13(19-23-12)10-20(2)17(22)16-14-5-8-24-11-15(14)25-18(16)21-6-3-4-7-21/h3-4,6-7,9H,5,8,10-11H2,1-2H3. The summed E-state index contributed by atoms with van der Waals surface area (Å²) in [7, 11) is 1.83. The monoisotopic (exact) mass is 373 g/mol. The second-order valence-corrected chi connectivity index (χ2v) is 8.36. The van der Waals surface area contributed by atoms with Gasteiger partial charge in [-0.3, -0.25) is 4.79 Å². The molecule has 1 amide bonds. The number of fused-ring (bicyclic) bond motifs is 1. The SMILES string of the molecule is Cc1cc(CN(C)C(=O)c2c(-n3cccc3)sc3c2CCSC3)no1. The molecule has 0 saturated heterocycles. The van der Waals surface area contributed by atoms with Gasteiger partial charge in [0.05, 0.1) is 12.1 Å². The summed E-state index contributed by atoms with van der Waals surface area (Å²) in [5.74, 6) is 2.87. The maximum atomic E-state index is 13.3. The minimum atomic E-state index is 0.0498. The van der Waals surface area contributed by atoms with Gasteiger partial charge in [0.1, 0.15) is 16.5 Å². The van der Waals surface area contributed by atoms with Crippen molar-refractivity contribution in [3.05, 3.63) is 58.1 Å². The molecular weight excluding hydrogens is 354 g/mol. The Morgan fingerprint density at radius 1 is 1.40 bits per heavy atom. The van der Waals surface area contributed by atoms with E-state index in [2.05, 4.69) is 9.72 Å². The summed E-state index contributed by atoms with van der Waals surface area (Å²) < 4.78 is 7.17. The lowest BCUT2D eigenvalue weighted by molar-refractivity contribution is 0.0781. The van der Waals surface area contributed by atoms with Crippen LogP contribution < -0.4 is 0 Å². The number of carbonyl (C=O) groups is 1. The fourth-order valence-electron chi connectivity index (χ4n) is 3.09. The quantitative estimate of drug-likeness (QED) is 0.696. The van der Waals surface area contributed by atoms with E-state index < -0.39 is 0 Å². The first kappa shape index (κ1) is 16.5. The number of hydrogen-bond acceptors (Lipinski definition) is 5. The maximum absolute atomic E-state index is 13.3. The highest BCUT2D eigenvalue weighted by molar-refractivity contribution is 7.98. The van der Waals surface area contributed by atoms with E-state index in [1.54, 1.807) is 16.2 Å². The Bertz CT molecular complexity index is 896. The van der Waals surface area contributed by atoms with Gasteiger partial charge in [0.15, 0.2) is 0 Å². The van der Waals surface area contributed by atoms with E-state index in [1.807, 2.05) is 56.3 Å². The van der Waals surface area contributed by atoms with Crippen LogP contribution in [0.2, 0.25) is 0 Å². The van der Waals surface area contributed by atoms with Gasteiger partial charge in [0.2, 0.25) is 0 Å². The molecule has 0 saturated carbocycles. The number of carbonyl (C=O) groups excluding carboxylic acids is 1. The number of nitrogens with zero attached hydrogens (tertiary/aromatic N) is 3. The second-order valence-electron chi connectivity index (χ2n) is 6.17. The first-order chi connectivity index (χ1) is 12.1. The highest BCUT2D eigenvalue weighted by Crippen LogP contribution is 2.38. The third-order valence-corrected chi connectivity index (χ3v) is 6.69. The van der Waals surface area contributed by atoms with E-state index in [0.29, 0.717) is 6.54 Å². The number of amides is 1. The lowest BCUT2D eigenvalue weighted by Gasteiger charge is -2.19. The number of hydrogen-bond donors (Lipinski definition) is 0. The molecule has 3 aromatic rings. The van der Waals surface area contributed by atoms with E-state index in [0.717, 1.165) is 39.9 Å². The highest BCUT2D eigenvalue weighted by atomic mass is 32.2. The first-order valence-corrected chi connectivity index (χ1v) is 10.1. The predicted molar refractivity (Wildman–Crippen MR) is 101 cm³/mol. The molecule has 4 rings (SSSR count). The molecule has 0 spiro atoms. The van der Waals surface area contributed by atoms with Gasteiger partial charge in [0, 0.05) is 36.1 Å². The largest absolute Gasteiger partial charge is 0.361 e. The molecule has 0 atom stereocenters. The Morgan fingerprint density at radius 2 is 2.20 bits per heavy atom. The van der Waals surface area contributed by atoms with Crippen LogP contribution in [0.5, 0.6) is 0 Å². The number of aromatic nitrogens is 2. The van der Waals surface area contributed by atoms with Crippen LogP contribution >= 0.6 is 23.1 Å². The van der Waals surface area contributed by atoms with Crippen LogP contribution in [0.4, 0.5) is 0 Å². The molecule has 5 nitrogen and oxygen atoms in total. The molecule has 0 bridgehead atoms. The Morgan fingerprint density at radius 3 is 2.92 bits per heavy atom. The summed E-state index contributed by atoms with van der Waals surface area (Å²) in [6.07, 6.45) is 4.96. The summed E-state index contributed by atoms with van der Waals surface area (Å²) in [6, 6.07) is 5.85. The second kappa shape index (κ2) is 6.72. The average Bonchev–Trinajstić information content (AvgIpc) is 3.33. The van der Waals surface area contributed by atoms with Crippen molar-refractivity contribution < 1.29 is 9.32 Å². The average molecular weight is 374 g/mol. The molecule has 1 aliphatic rings. The molecule has 0 radical (unpaired) electrons. The Balaban J connectivity index is 1.70. The normalized spacial score (nSPS) is 13.7. The number of aryl methyl sites for hydroxylation is 1. The Kier molecular flexibility index (Phi) is 4.43. The first-order valence-electron chi connectivity index (χ1n) is 8.17. The smallest absolute Gasteiger partial charge is 0.257 e. The molecule has 0 fully saturated rings. The molecule has 25 heavy (non-hydrogen) atoms. The molecule has 0 aromatic carbocycles. The third kappa shape index (κ3) is 3.14. The summed E-state index contributed by atoms with van der Waals surface area (Å²) in [6.45, 7) is 2.30. The van der Waals surface area contributed by atoms with Crippen molar-refractivity contribution in [2.24, 2.45) is 0 Å². The zero-order chi connectivity index (χ0) is 17.4. The minimum absolute atomic E-state index is 0.0498. The van der Waals surface area contributed by atoms with Crippen molar-refractivity contribution in [1.29, 1.82) is 0 Å². The molecule has 0 aliphatic carbocycles. The van der Waals surface area contributed by atoms with Crippen molar-refractivity contribution in [2.75, 3.05) is 12.8 Å². The third-order valence-electron chi connectivity index (χ3n) is 4.28. The van der Waals surface area contributed by atoms with E-state index in [1.165, 1.54) is 10.4 Å². The number of rotatable bonds is 4. The van der Waals surface area contributed by atoms with Crippen molar-refractivity contribution in [3.63, 3.8) is 0 Å². The van der Waals surface area contributed by atoms with E-state index >= 15 is 0 Å². The van der Waals surface area contributed by atoms with Crippen LogP contribution in [0.15, 0.2) is 35.1 Å². The van der Waals surface area contributed by atoms with Gasteiger partial charge >= 0.3 is 0 Å². The molecular formula is C18H19N3O2S2. The van der Waals surface area contributed by atoms with Gasteiger partial charge < -0.3 is 14.0 Å². The Labute approximate surface area is 154 Å². The van der Waals surface area contributed by atoms with Crippen LogP contribution in [-0.2, 0) is 18.7 Å². The molecule has 130 valence electrons. The van der Waals surface area contributed by atoms with E-state index in [9.17, 15) is 4.79 Å². The van der Waals surface area contributed by atoms with Crippen LogP contribution in [0.25, 0.3) is 5.00 Å². The molecule has 0 N–H and O–H groups in total. The molecule has 7 heteroatoms. The van der Waals surface area contributed by atoms with Crippen LogP contribution in [0.1, 0.15) is 32.3 Å². The molecule has 1 aliphatic heterocycles. The lowest BCUT2D eigenvalue weighted by Crippen LogP contribution is -2.28. The molecule has 0 unspecified atom stereocenters. The minimum Gasteiger partial charge on any atom is -0.361 e. The fraction of sp³-hybridized carbons (Fsp3) is 0.333. The van der Waals surface area contributed by atoms with Gasteiger partial charge in [0.25, 0.3) is 5.91 Å². The summed E-state index contributed by atoms with van der Waals surface area (Å²) in [4.78, 5) is 16.3. The maximum Gasteiger partial charge on any atom is 0.257 e. The molecule has 4 heterocycles. The zero-order valence-corrected chi connectivity index (χ0v) is 15.8. The highest BCUT2D eigenvalue weighted by Gasteiger charge is 2.28. The van der Waals surface area contributed by atoms with Crippen molar-refractivity contribution in [1.82, 2.24) is 14.6 Å². The zero-order valence-electron chi connectivity index (χ0n) is 14.2. The summed E-state index contributed by atoms with van der Waals surface area (Å²) in [5, 5.41) is 5.02. The Hall–Kier alpha value is -1.99. The van der Waals surface area contributed by atoms with Gasteiger partial charge in [-0.25, -0.2) is 0 Å². The van der Waals surface area contributed by atoms with Crippen LogP contribution in [-0.4, -0.2) is 33.3 Å².